The number of para-hydroxylation sites is 1. The average Bonchev–Trinajstić information content (AvgIpc) is 2.48. The molecule has 2 N–H and O–H groups in total. The van der Waals surface area contributed by atoms with Gasteiger partial charge in [0.1, 0.15) is 5.82 Å². The third-order valence-electron chi connectivity index (χ3n) is 2.60. The number of halogens is 1. The van der Waals surface area contributed by atoms with Crippen molar-refractivity contribution in [3.05, 3.63) is 59.9 Å². The van der Waals surface area contributed by atoms with E-state index in [-0.39, 0.29) is 24.0 Å². The number of benzene rings is 2. The van der Waals surface area contributed by atoms with Crippen LogP contribution in [0.25, 0.3) is 0 Å². The maximum Gasteiger partial charge on any atom is 0.234 e. The summed E-state index contributed by atoms with van der Waals surface area (Å²) in [5.41, 5.74) is 0.978. The van der Waals surface area contributed by atoms with Gasteiger partial charge in [-0.3, -0.25) is 4.79 Å². The highest BCUT2D eigenvalue weighted by atomic mass is 32.2. The molecule has 0 aliphatic carbocycles. The third kappa shape index (κ3) is 4.08. The molecular formula is C15H14FNO2S. The molecule has 3 nitrogen and oxygen atoms in total. The Morgan fingerprint density at radius 2 is 2.00 bits per heavy atom. The van der Waals surface area contributed by atoms with Crippen molar-refractivity contribution in [3.63, 3.8) is 0 Å². The Hall–Kier alpha value is -1.85. The monoisotopic (exact) mass is 291 g/mol. The molecule has 0 unspecified atom stereocenters. The molecular weight excluding hydrogens is 277 g/mol. The summed E-state index contributed by atoms with van der Waals surface area (Å²) in [7, 11) is 0. The van der Waals surface area contributed by atoms with Gasteiger partial charge in [-0.15, -0.1) is 11.8 Å². The average molecular weight is 291 g/mol. The normalized spacial score (nSPS) is 10.3. The Balaban J connectivity index is 1.90. The fourth-order valence-corrected chi connectivity index (χ4v) is 2.41. The molecule has 20 heavy (non-hydrogen) atoms. The lowest BCUT2D eigenvalue weighted by Crippen LogP contribution is -2.14. The lowest BCUT2D eigenvalue weighted by Gasteiger charge is -2.06. The zero-order valence-corrected chi connectivity index (χ0v) is 11.5. The summed E-state index contributed by atoms with van der Waals surface area (Å²) in [5.74, 6) is -0.536. The van der Waals surface area contributed by atoms with E-state index in [4.69, 9.17) is 5.11 Å². The Morgan fingerprint density at radius 3 is 2.75 bits per heavy atom. The number of nitrogens with one attached hydrogen (secondary N) is 1. The van der Waals surface area contributed by atoms with Gasteiger partial charge >= 0.3 is 0 Å². The minimum absolute atomic E-state index is 0.0319. The van der Waals surface area contributed by atoms with Crippen LogP contribution in [0.5, 0.6) is 0 Å². The smallest absolute Gasteiger partial charge is 0.234 e. The zero-order valence-electron chi connectivity index (χ0n) is 10.7. The van der Waals surface area contributed by atoms with Crippen LogP contribution in [-0.2, 0) is 11.4 Å². The van der Waals surface area contributed by atoms with E-state index in [1.807, 2.05) is 24.3 Å². The van der Waals surface area contributed by atoms with Crippen molar-refractivity contribution in [1.82, 2.24) is 0 Å². The summed E-state index contributed by atoms with van der Waals surface area (Å²) in [6.07, 6.45) is 0. The molecule has 2 aromatic carbocycles. The summed E-state index contributed by atoms with van der Waals surface area (Å²) in [6.45, 7) is -0.0319. The van der Waals surface area contributed by atoms with E-state index in [1.165, 1.54) is 23.9 Å². The molecule has 0 bridgehead atoms. The second-order valence-electron chi connectivity index (χ2n) is 4.12. The zero-order chi connectivity index (χ0) is 14.4. The number of anilines is 1. The molecule has 0 aliphatic heterocycles. The fourth-order valence-electron chi connectivity index (χ4n) is 1.63. The van der Waals surface area contributed by atoms with Crippen LogP contribution >= 0.6 is 11.8 Å². The Kier molecular flexibility index (Phi) is 5.15. The summed E-state index contributed by atoms with van der Waals surface area (Å²) < 4.78 is 13.4. The van der Waals surface area contributed by atoms with Gasteiger partial charge in [0.25, 0.3) is 0 Å². The number of amides is 1. The predicted octanol–water partition coefficient (Wildman–Crippen LogP) is 3.05. The predicted molar refractivity (Wildman–Crippen MR) is 78.1 cm³/mol. The van der Waals surface area contributed by atoms with Crippen LogP contribution in [0.1, 0.15) is 5.56 Å². The Labute approximate surface area is 120 Å². The highest BCUT2D eigenvalue weighted by Crippen LogP contribution is 2.20. The van der Waals surface area contributed by atoms with Crippen molar-refractivity contribution in [1.29, 1.82) is 0 Å². The molecule has 0 saturated carbocycles. The molecule has 0 aliphatic rings. The van der Waals surface area contributed by atoms with Gasteiger partial charge in [-0.1, -0.05) is 24.3 Å². The maximum atomic E-state index is 13.4. The minimum Gasteiger partial charge on any atom is -0.392 e. The van der Waals surface area contributed by atoms with Crippen LogP contribution in [0.3, 0.4) is 0 Å². The molecule has 0 aromatic heterocycles. The molecule has 0 fully saturated rings. The van der Waals surface area contributed by atoms with Gasteiger partial charge < -0.3 is 10.4 Å². The first-order chi connectivity index (χ1) is 9.69. The van der Waals surface area contributed by atoms with E-state index in [1.54, 1.807) is 12.1 Å². The second-order valence-corrected chi connectivity index (χ2v) is 5.17. The Bertz CT molecular complexity index is 604. The van der Waals surface area contributed by atoms with Gasteiger partial charge in [0.2, 0.25) is 5.91 Å². The second kappa shape index (κ2) is 7.07. The number of thioether (sulfide) groups is 1. The summed E-state index contributed by atoms with van der Waals surface area (Å²) in [4.78, 5) is 12.6. The van der Waals surface area contributed by atoms with Gasteiger partial charge in [0.05, 0.1) is 18.0 Å². The molecule has 2 aromatic rings. The first kappa shape index (κ1) is 14.6. The minimum atomic E-state index is -0.451. The van der Waals surface area contributed by atoms with Gasteiger partial charge in [-0.2, -0.15) is 0 Å². The van der Waals surface area contributed by atoms with Crippen molar-refractivity contribution in [2.75, 3.05) is 11.1 Å². The van der Waals surface area contributed by atoms with Crippen LogP contribution in [0.4, 0.5) is 10.1 Å². The molecule has 0 atom stereocenters. The highest BCUT2D eigenvalue weighted by Gasteiger charge is 2.07. The maximum absolute atomic E-state index is 13.4. The molecule has 0 spiro atoms. The van der Waals surface area contributed by atoms with Crippen LogP contribution in [0.2, 0.25) is 0 Å². The first-order valence-electron chi connectivity index (χ1n) is 6.06. The van der Waals surface area contributed by atoms with Crippen molar-refractivity contribution >= 4 is 23.4 Å². The van der Waals surface area contributed by atoms with Crippen LogP contribution < -0.4 is 5.32 Å². The molecule has 0 radical (unpaired) electrons. The molecule has 1 amide bonds. The first-order valence-corrected chi connectivity index (χ1v) is 7.04. The Morgan fingerprint density at radius 1 is 1.20 bits per heavy atom. The number of carbonyl (C=O) groups is 1. The molecule has 2 rings (SSSR count). The standard InChI is InChI=1S/C15H14FNO2S/c16-13-6-1-2-7-14(13)17-15(19)10-20-12-5-3-4-11(8-12)9-18/h1-8,18H,9-10H2,(H,17,19). The lowest BCUT2D eigenvalue weighted by molar-refractivity contribution is -0.113. The van der Waals surface area contributed by atoms with Gasteiger partial charge in [0.15, 0.2) is 0 Å². The van der Waals surface area contributed by atoms with Crippen LogP contribution in [0.15, 0.2) is 53.4 Å². The van der Waals surface area contributed by atoms with Crippen molar-refractivity contribution in [3.8, 4) is 0 Å². The van der Waals surface area contributed by atoms with Gasteiger partial charge in [-0.05, 0) is 29.8 Å². The van der Waals surface area contributed by atoms with Crippen molar-refractivity contribution in [2.45, 2.75) is 11.5 Å². The number of carbonyl (C=O) groups excluding carboxylic acids is 1. The molecule has 5 heteroatoms. The van der Waals surface area contributed by atoms with Gasteiger partial charge in [0, 0.05) is 4.90 Å². The quantitative estimate of drug-likeness (QED) is 0.832. The fraction of sp³-hybridized carbons (Fsp3) is 0.133. The lowest BCUT2D eigenvalue weighted by atomic mass is 10.2. The molecule has 0 saturated heterocycles. The highest BCUT2D eigenvalue weighted by molar-refractivity contribution is 8.00. The summed E-state index contributed by atoms with van der Waals surface area (Å²) in [5, 5.41) is 11.6. The topological polar surface area (TPSA) is 49.3 Å². The van der Waals surface area contributed by atoms with E-state index >= 15 is 0 Å². The largest absolute Gasteiger partial charge is 0.392 e. The van der Waals surface area contributed by atoms with E-state index in [0.717, 1.165) is 10.5 Å². The van der Waals surface area contributed by atoms with Crippen molar-refractivity contribution < 1.29 is 14.3 Å². The number of hydrogen-bond acceptors (Lipinski definition) is 3. The van der Waals surface area contributed by atoms with Crippen molar-refractivity contribution in [2.24, 2.45) is 0 Å². The van der Waals surface area contributed by atoms with E-state index < -0.39 is 5.82 Å². The van der Waals surface area contributed by atoms with Gasteiger partial charge in [-0.25, -0.2) is 4.39 Å². The third-order valence-corrected chi connectivity index (χ3v) is 3.59. The SMILES string of the molecule is O=C(CSc1cccc(CO)c1)Nc1ccccc1F. The number of aliphatic hydroxyl groups is 1. The van der Waals surface area contributed by atoms with E-state index in [9.17, 15) is 9.18 Å². The molecule has 0 heterocycles. The van der Waals surface area contributed by atoms with Crippen LogP contribution in [-0.4, -0.2) is 16.8 Å². The number of rotatable bonds is 5. The number of hydrogen-bond donors (Lipinski definition) is 2. The number of aliphatic hydroxyl groups excluding tert-OH is 1. The van der Waals surface area contributed by atoms with Crippen LogP contribution in [0, 0.1) is 5.82 Å². The molecule has 104 valence electrons. The van der Waals surface area contributed by atoms with E-state index in [0.29, 0.717) is 0 Å². The summed E-state index contributed by atoms with van der Waals surface area (Å²) in [6, 6.07) is 13.4. The summed E-state index contributed by atoms with van der Waals surface area (Å²) >= 11 is 1.34. The van der Waals surface area contributed by atoms with E-state index in [2.05, 4.69) is 5.32 Å².